The summed E-state index contributed by atoms with van der Waals surface area (Å²) in [6, 6.07) is 1.19. The van der Waals surface area contributed by atoms with Crippen LogP contribution in [0.4, 0.5) is 0 Å². The predicted molar refractivity (Wildman–Crippen MR) is 70.0 cm³/mol. The van der Waals surface area contributed by atoms with Gasteiger partial charge in [0.2, 0.25) is 5.91 Å². The molecule has 0 aliphatic rings. The van der Waals surface area contributed by atoms with Gasteiger partial charge in [0.25, 0.3) is 5.56 Å². The number of nitrogens with one attached hydrogen (secondary N) is 2. The van der Waals surface area contributed by atoms with Gasteiger partial charge in [-0.25, -0.2) is 4.79 Å². The van der Waals surface area contributed by atoms with Crippen LogP contribution < -0.4 is 11.2 Å². The first-order chi connectivity index (χ1) is 9.06. The van der Waals surface area contributed by atoms with Crippen LogP contribution in [0.1, 0.15) is 25.5 Å². The molecule has 3 N–H and O–H groups in total. The molecule has 7 nitrogen and oxygen atoms in total. The molecule has 0 aliphatic carbocycles. The molecule has 1 aromatic heterocycles. The quantitative estimate of drug-likeness (QED) is 0.604. The Bertz CT molecular complexity index is 492. The molecule has 1 aromatic rings. The lowest BCUT2D eigenvalue weighted by molar-refractivity contribution is -0.131. The smallest absolute Gasteiger partial charge is 0.325 e. The minimum atomic E-state index is -0.627. The number of aromatic nitrogens is 2. The highest BCUT2D eigenvalue weighted by molar-refractivity contribution is 5.78. The molecule has 0 fully saturated rings. The van der Waals surface area contributed by atoms with Gasteiger partial charge in [-0.15, -0.1) is 0 Å². The topological polar surface area (TPSA) is 106 Å². The maximum absolute atomic E-state index is 12.0. The van der Waals surface area contributed by atoms with Gasteiger partial charge >= 0.3 is 5.69 Å². The van der Waals surface area contributed by atoms with Gasteiger partial charge in [-0.2, -0.15) is 0 Å². The number of carbonyl (C=O) groups excluding carboxylic acids is 1. The second-order valence-corrected chi connectivity index (χ2v) is 4.25. The van der Waals surface area contributed by atoms with Crippen LogP contribution in [0.5, 0.6) is 0 Å². The molecular formula is C12H19N3O4. The summed E-state index contributed by atoms with van der Waals surface area (Å²) in [7, 11) is 0. The van der Waals surface area contributed by atoms with E-state index in [-0.39, 0.29) is 31.2 Å². The molecule has 0 bridgehead atoms. The number of unbranched alkanes of at least 4 members (excludes halogenated alkanes) is 1. The highest BCUT2D eigenvalue weighted by Crippen LogP contribution is 2.00. The normalized spacial score (nSPS) is 10.4. The maximum atomic E-state index is 12.0. The average Bonchev–Trinajstić information content (AvgIpc) is 2.33. The number of aliphatic hydroxyl groups is 1. The summed E-state index contributed by atoms with van der Waals surface area (Å²) in [5.41, 5.74) is -0.885. The van der Waals surface area contributed by atoms with Crippen LogP contribution in [0.15, 0.2) is 15.7 Å². The van der Waals surface area contributed by atoms with Crippen molar-refractivity contribution in [1.29, 1.82) is 0 Å². The van der Waals surface area contributed by atoms with E-state index in [9.17, 15) is 14.4 Å². The first kappa shape index (κ1) is 15.2. The lowest BCUT2D eigenvalue weighted by Gasteiger charge is -2.21. The number of hydrogen-bond acceptors (Lipinski definition) is 4. The van der Waals surface area contributed by atoms with E-state index >= 15 is 0 Å². The van der Waals surface area contributed by atoms with Gasteiger partial charge in [-0.3, -0.25) is 14.6 Å². The van der Waals surface area contributed by atoms with E-state index in [1.54, 1.807) is 0 Å². The average molecular weight is 269 g/mol. The summed E-state index contributed by atoms with van der Waals surface area (Å²) >= 11 is 0. The van der Waals surface area contributed by atoms with E-state index in [0.717, 1.165) is 12.8 Å². The number of aliphatic hydroxyl groups excluding tert-OH is 1. The molecular weight excluding hydrogens is 250 g/mol. The standard InChI is InChI=1S/C12H19N3O4/c1-2-3-4-15(5-6-16)11(18)8-9-7-10(17)14-12(19)13-9/h7,16H,2-6,8H2,1H3,(H2,13,14,17,19). The Morgan fingerprint density at radius 2 is 2.05 bits per heavy atom. The van der Waals surface area contributed by atoms with Crippen molar-refractivity contribution < 1.29 is 9.90 Å². The largest absolute Gasteiger partial charge is 0.395 e. The van der Waals surface area contributed by atoms with Crippen LogP contribution in [0, 0.1) is 0 Å². The fourth-order valence-corrected chi connectivity index (χ4v) is 1.72. The monoisotopic (exact) mass is 269 g/mol. The Hall–Kier alpha value is -1.89. The third-order valence-electron chi connectivity index (χ3n) is 2.66. The molecule has 1 heterocycles. The van der Waals surface area contributed by atoms with E-state index in [4.69, 9.17) is 5.11 Å². The second-order valence-electron chi connectivity index (χ2n) is 4.25. The van der Waals surface area contributed by atoms with E-state index in [1.807, 2.05) is 11.9 Å². The molecule has 1 rings (SSSR count). The van der Waals surface area contributed by atoms with Gasteiger partial charge in [0.15, 0.2) is 0 Å². The van der Waals surface area contributed by atoms with Gasteiger partial charge in [0.1, 0.15) is 0 Å². The highest BCUT2D eigenvalue weighted by atomic mass is 16.3. The van der Waals surface area contributed by atoms with Crippen molar-refractivity contribution in [2.24, 2.45) is 0 Å². The fraction of sp³-hybridized carbons (Fsp3) is 0.583. The van der Waals surface area contributed by atoms with Crippen LogP contribution in [0.25, 0.3) is 0 Å². The van der Waals surface area contributed by atoms with Crippen molar-refractivity contribution in [3.63, 3.8) is 0 Å². The van der Waals surface area contributed by atoms with Crippen LogP contribution in [0.3, 0.4) is 0 Å². The Morgan fingerprint density at radius 3 is 2.63 bits per heavy atom. The number of nitrogens with zero attached hydrogens (tertiary/aromatic N) is 1. The minimum absolute atomic E-state index is 0.0527. The third-order valence-corrected chi connectivity index (χ3v) is 2.66. The van der Waals surface area contributed by atoms with Crippen molar-refractivity contribution in [3.8, 4) is 0 Å². The minimum Gasteiger partial charge on any atom is -0.395 e. The van der Waals surface area contributed by atoms with Gasteiger partial charge in [0, 0.05) is 24.8 Å². The fourth-order valence-electron chi connectivity index (χ4n) is 1.72. The van der Waals surface area contributed by atoms with Crippen LogP contribution in [-0.2, 0) is 11.2 Å². The molecule has 0 unspecified atom stereocenters. The number of hydrogen-bond donors (Lipinski definition) is 3. The summed E-state index contributed by atoms with van der Waals surface area (Å²) < 4.78 is 0. The molecule has 0 saturated carbocycles. The second kappa shape index (κ2) is 7.52. The Balaban J connectivity index is 2.74. The van der Waals surface area contributed by atoms with Crippen LogP contribution in [0.2, 0.25) is 0 Å². The van der Waals surface area contributed by atoms with E-state index < -0.39 is 11.2 Å². The van der Waals surface area contributed by atoms with Crippen molar-refractivity contribution in [2.75, 3.05) is 19.7 Å². The van der Waals surface area contributed by atoms with Gasteiger partial charge in [0.05, 0.1) is 13.0 Å². The summed E-state index contributed by atoms with van der Waals surface area (Å²) in [5.74, 6) is -0.219. The summed E-state index contributed by atoms with van der Waals surface area (Å²) in [4.78, 5) is 40.2. The molecule has 19 heavy (non-hydrogen) atoms. The molecule has 0 atom stereocenters. The number of H-pyrrole nitrogens is 2. The molecule has 0 spiro atoms. The molecule has 0 aliphatic heterocycles. The van der Waals surface area contributed by atoms with Crippen molar-refractivity contribution in [1.82, 2.24) is 14.9 Å². The molecule has 7 heteroatoms. The Kier molecular flexibility index (Phi) is 6.01. The van der Waals surface area contributed by atoms with E-state index in [0.29, 0.717) is 6.54 Å². The lowest BCUT2D eigenvalue weighted by Crippen LogP contribution is -2.36. The van der Waals surface area contributed by atoms with E-state index in [2.05, 4.69) is 4.98 Å². The summed E-state index contributed by atoms with van der Waals surface area (Å²) in [6.45, 7) is 2.72. The van der Waals surface area contributed by atoms with Gasteiger partial charge < -0.3 is 15.0 Å². The number of carbonyl (C=O) groups is 1. The first-order valence-electron chi connectivity index (χ1n) is 6.28. The highest BCUT2D eigenvalue weighted by Gasteiger charge is 2.13. The number of rotatable bonds is 7. The van der Waals surface area contributed by atoms with E-state index in [1.165, 1.54) is 11.0 Å². The zero-order valence-corrected chi connectivity index (χ0v) is 10.9. The first-order valence-corrected chi connectivity index (χ1v) is 6.28. The SMILES string of the molecule is CCCCN(CCO)C(=O)Cc1cc(=O)[nH]c(=O)[nH]1. The van der Waals surface area contributed by atoms with Crippen molar-refractivity contribution >= 4 is 5.91 Å². The number of aromatic amines is 2. The Labute approximate surface area is 110 Å². The lowest BCUT2D eigenvalue weighted by atomic mass is 10.2. The van der Waals surface area contributed by atoms with Crippen LogP contribution in [-0.4, -0.2) is 45.6 Å². The molecule has 0 saturated heterocycles. The van der Waals surface area contributed by atoms with Crippen molar-refractivity contribution in [2.45, 2.75) is 26.2 Å². The van der Waals surface area contributed by atoms with Crippen LogP contribution >= 0.6 is 0 Å². The summed E-state index contributed by atoms with van der Waals surface area (Å²) in [6.07, 6.45) is 1.73. The Morgan fingerprint density at radius 1 is 1.32 bits per heavy atom. The molecule has 0 aromatic carbocycles. The van der Waals surface area contributed by atoms with Crippen molar-refractivity contribution in [3.05, 3.63) is 32.6 Å². The molecule has 106 valence electrons. The van der Waals surface area contributed by atoms with Gasteiger partial charge in [-0.1, -0.05) is 13.3 Å². The summed E-state index contributed by atoms with van der Waals surface area (Å²) in [5, 5.41) is 8.93. The maximum Gasteiger partial charge on any atom is 0.325 e. The zero-order chi connectivity index (χ0) is 14.3. The molecule has 1 amide bonds. The van der Waals surface area contributed by atoms with Gasteiger partial charge in [-0.05, 0) is 6.42 Å². The number of amides is 1. The zero-order valence-electron chi connectivity index (χ0n) is 10.9. The predicted octanol–water partition coefficient (Wildman–Crippen LogP) is -0.773. The molecule has 0 radical (unpaired) electrons. The third kappa shape index (κ3) is 5.09.